The number of benzene rings is 2. The number of aromatic hydroxyl groups is 1. The first kappa shape index (κ1) is 13.2. The van der Waals surface area contributed by atoms with E-state index in [0.29, 0.717) is 17.0 Å². The number of halogens is 1. The van der Waals surface area contributed by atoms with Gasteiger partial charge in [0, 0.05) is 17.3 Å². The molecular weight excluding hydrogens is 266 g/mol. The van der Waals surface area contributed by atoms with Crippen LogP contribution in [0.2, 0.25) is 5.02 Å². The van der Waals surface area contributed by atoms with Gasteiger partial charge in [-0.2, -0.15) is 0 Å². The molecule has 0 aliphatic carbocycles. The fraction of sp³-hybridized carbons (Fsp3) is 0.0714. The predicted molar refractivity (Wildman–Crippen MR) is 74.1 cm³/mol. The molecule has 0 heterocycles. The summed E-state index contributed by atoms with van der Waals surface area (Å²) in [5, 5.41) is 12.4. The molecule has 0 spiro atoms. The number of rotatable bonds is 3. The highest BCUT2D eigenvalue weighted by atomic mass is 35.5. The number of carbonyl (C=O) groups is 1. The molecule has 0 saturated carbocycles. The van der Waals surface area contributed by atoms with Gasteiger partial charge in [0.2, 0.25) is 0 Å². The van der Waals surface area contributed by atoms with Crippen LogP contribution in [0.15, 0.2) is 42.5 Å². The van der Waals surface area contributed by atoms with E-state index in [2.05, 4.69) is 5.32 Å². The number of amides is 1. The number of ether oxygens (including phenoxy) is 1. The fourth-order valence-electron chi connectivity index (χ4n) is 1.56. The van der Waals surface area contributed by atoms with Gasteiger partial charge in [0.1, 0.15) is 11.5 Å². The van der Waals surface area contributed by atoms with E-state index in [4.69, 9.17) is 16.3 Å². The highest BCUT2D eigenvalue weighted by Crippen LogP contribution is 2.26. The van der Waals surface area contributed by atoms with E-state index in [1.54, 1.807) is 30.3 Å². The maximum atomic E-state index is 12.0. The van der Waals surface area contributed by atoms with Crippen LogP contribution in [0.3, 0.4) is 0 Å². The van der Waals surface area contributed by atoms with E-state index < -0.39 is 0 Å². The molecule has 1 amide bonds. The summed E-state index contributed by atoms with van der Waals surface area (Å²) < 4.78 is 5.05. The van der Waals surface area contributed by atoms with Crippen LogP contribution in [-0.2, 0) is 0 Å². The average molecular weight is 278 g/mol. The van der Waals surface area contributed by atoms with Gasteiger partial charge in [-0.15, -0.1) is 0 Å². The SMILES string of the molecule is COc1cccc(C(=O)Nc2ccc(Cl)c(O)c2)c1. The summed E-state index contributed by atoms with van der Waals surface area (Å²) in [6.07, 6.45) is 0. The first-order valence-electron chi connectivity index (χ1n) is 5.54. The van der Waals surface area contributed by atoms with Gasteiger partial charge in [-0.1, -0.05) is 17.7 Å². The summed E-state index contributed by atoms with van der Waals surface area (Å²) >= 11 is 5.69. The molecule has 5 heteroatoms. The lowest BCUT2D eigenvalue weighted by molar-refractivity contribution is 0.102. The Hall–Kier alpha value is -2.20. The number of hydrogen-bond donors (Lipinski definition) is 2. The van der Waals surface area contributed by atoms with Gasteiger partial charge >= 0.3 is 0 Å². The first-order chi connectivity index (χ1) is 9.10. The molecule has 19 heavy (non-hydrogen) atoms. The van der Waals surface area contributed by atoms with Crippen molar-refractivity contribution in [2.75, 3.05) is 12.4 Å². The van der Waals surface area contributed by atoms with Crippen LogP contribution in [0, 0.1) is 0 Å². The van der Waals surface area contributed by atoms with E-state index >= 15 is 0 Å². The standard InChI is InChI=1S/C14H12ClNO3/c1-19-11-4-2-3-9(7-11)14(18)16-10-5-6-12(15)13(17)8-10/h2-8,17H,1H3,(H,16,18). The number of phenolic OH excluding ortho intramolecular Hbond substituents is 1. The topological polar surface area (TPSA) is 58.6 Å². The zero-order chi connectivity index (χ0) is 13.8. The van der Waals surface area contributed by atoms with Gasteiger partial charge in [0.15, 0.2) is 0 Å². The Kier molecular flexibility index (Phi) is 3.92. The normalized spacial score (nSPS) is 10.0. The van der Waals surface area contributed by atoms with Crippen molar-refractivity contribution in [1.82, 2.24) is 0 Å². The minimum Gasteiger partial charge on any atom is -0.506 e. The summed E-state index contributed by atoms with van der Waals surface area (Å²) in [7, 11) is 1.54. The number of carbonyl (C=O) groups excluding carboxylic acids is 1. The van der Waals surface area contributed by atoms with E-state index in [0.717, 1.165) is 0 Å². The zero-order valence-corrected chi connectivity index (χ0v) is 10.9. The third kappa shape index (κ3) is 3.17. The van der Waals surface area contributed by atoms with Crippen molar-refractivity contribution < 1.29 is 14.6 Å². The van der Waals surface area contributed by atoms with Crippen LogP contribution >= 0.6 is 11.6 Å². The number of anilines is 1. The van der Waals surface area contributed by atoms with Gasteiger partial charge in [-0.05, 0) is 30.3 Å². The molecule has 2 aromatic carbocycles. The summed E-state index contributed by atoms with van der Waals surface area (Å²) in [5.41, 5.74) is 0.934. The number of nitrogens with one attached hydrogen (secondary N) is 1. The van der Waals surface area contributed by atoms with E-state index in [1.807, 2.05) is 0 Å². The van der Waals surface area contributed by atoms with Crippen molar-refractivity contribution in [1.29, 1.82) is 0 Å². The third-order valence-electron chi connectivity index (χ3n) is 2.54. The number of phenols is 1. The predicted octanol–water partition coefficient (Wildman–Crippen LogP) is 3.31. The van der Waals surface area contributed by atoms with E-state index in [9.17, 15) is 9.90 Å². The van der Waals surface area contributed by atoms with Crippen LogP contribution < -0.4 is 10.1 Å². The Bertz CT molecular complexity index is 613. The maximum Gasteiger partial charge on any atom is 0.255 e. The van der Waals surface area contributed by atoms with Crippen LogP contribution in [0.4, 0.5) is 5.69 Å². The quantitative estimate of drug-likeness (QED) is 0.905. The Balaban J connectivity index is 2.18. The zero-order valence-electron chi connectivity index (χ0n) is 10.2. The summed E-state index contributed by atoms with van der Waals surface area (Å²) in [5.74, 6) is 0.234. The Labute approximate surface area is 115 Å². The van der Waals surface area contributed by atoms with Crippen molar-refractivity contribution in [2.45, 2.75) is 0 Å². The second kappa shape index (κ2) is 5.63. The van der Waals surface area contributed by atoms with Crippen molar-refractivity contribution in [3.05, 3.63) is 53.1 Å². The lowest BCUT2D eigenvalue weighted by Crippen LogP contribution is -2.11. The van der Waals surface area contributed by atoms with Gasteiger partial charge in [-0.3, -0.25) is 4.79 Å². The third-order valence-corrected chi connectivity index (χ3v) is 2.86. The lowest BCUT2D eigenvalue weighted by atomic mass is 10.2. The van der Waals surface area contributed by atoms with Gasteiger partial charge in [0.25, 0.3) is 5.91 Å². The highest BCUT2D eigenvalue weighted by molar-refractivity contribution is 6.32. The van der Waals surface area contributed by atoms with Crippen LogP contribution in [-0.4, -0.2) is 18.1 Å². The van der Waals surface area contributed by atoms with Crippen LogP contribution in [0.1, 0.15) is 10.4 Å². The summed E-state index contributed by atoms with van der Waals surface area (Å²) in [4.78, 5) is 12.0. The molecule has 2 N–H and O–H groups in total. The molecule has 2 aromatic rings. The minimum absolute atomic E-state index is 0.0786. The minimum atomic E-state index is -0.291. The Morgan fingerprint density at radius 1 is 1.26 bits per heavy atom. The Morgan fingerprint density at radius 3 is 2.74 bits per heavy atom. The monoisotopic (exact) mass is 277 g/mol. The largest absolute Gasteiger partial charge is 0.506 e. The van der Waals surface area contributed by atoms with Gasteiger partial charge in [-0.25, -0.2) is 0 Å². The lowest BCUT2D eigenvalue weighted by Gasteiger charge is -2.07. The molecule has 0 fully saturated rings. The molecule has 0 aliphatic heterocycles. The van der Waals surface area contributed by atoms with Crippen LogP contribution in [0.25, 0.3) is 0 Å². The molecule has 0 radical (unpaired) electrons. The first-order valence-corrected chi connectivity index (χ1v) is 5.92. The number of methoxy groups -OCH3 is 1. The van der Waals surface area contributed by atoms with Gasteiger partial charge < -0.3 is 15.2 Å². The molecule has 0 saturated heterocycles. The molecule has 0 unspecified atom stereocenters. The van der Waals surface area contributed by atoms with Crippen molar-refractivity contribution >= 4 is 23.2 Å². The smallest absolute Gasteiger partial charge is 0.255 e. The van der Waals surface area contributed by atoms with E-state index in [-0.39, 0.29) is 16.7 Å². The van der Waals surface area contributed by atoms with Crippen LogP contribution in [0.5, 0.6) is 11.5 Å². The molecular formula is C14H12ClNO3. The Morgan fingerprint density at radius 2 is 2.05 bits per heavy atom. The average Bonchev–Trinajstić information content (AvgIpc) is 2.43. The summed E-state index contributed by atoms with van der Waals surface area (Å²) in [6.45, 7) is 0. The van der Waals surface area contributed by atoms with Crippen molar-refractivity contribution in [2.24, 2.45) is 0 Å². The molecule has 98 valence electrons. The number of hydrogen-bond acceptors (Lipinski definition) is 3. The summed E-state index contributed by atoms with van der Waals surface area (Å²) in [6, 6.07) is 11.3. The molecule has 4 nitrogen and oxygen atoms in total. The molecule has 0 atom stereocenters. The van der Waals surface area contributed by atoms with E-state index in [1.165, 1.54) is 19.2 Å². The second-order valence-electron chi connectivity index (χ2n) is 3.85. The second-order valence-corrected chi connectivity index (χ2v) is 4.26. The molecule has 2 rings (SSSR count). The molecule has 0 aromatic heterocycles. The van der Waals surface area contributed by atoms with Crippen molar-refractivity contribution in [3.63, 3.8) is 0 Å². The van der Waals surface area contributed by atoms with Crippen molar-refractivity contribution in [3.8, 4) is 11.5 Å². The van der Waals surface area contributed by atoms with Gasteiger partial charge in [0.05, 0.1) is 12.1 Å². The maximum absolute atomic E-state index is 12.0. The highest BCUT2D eigenvalue weighted by Gasteiger charge is 2.08. The molecule has 0 bridgehead atoms. The molecule has 0 aliphatic rings. The fourth-order valence-corrected chi connectivity index (χ4v) is 1.68.